The molecule has 1 aromatic carbocycles. The fourth-order valence-corrected chi connectivity index (χ4v) is 1.69. The lowest BCUT2D eigenvalue weighted by atomic mass is 10.2. The van der Waals surface area contributed by atoms with Crippen molar-refractivity contribution in [2.45, 2.75) is 13.1 Å². The van der Waals surface area contributed by atoms with Crippen molar-refractivity contribution in [3.8, 4) is 0 Å². The third-order valence-electron chi connectivity index (χ3n) is 2.80. The highest BCUT2D eigenvalue weighted by atomic mass is 16.5. The summed E-state index contributed by atoms with van der Waals surface area (Å²) >= 11 is 0. The molecule has 0 aliphatic carbocycles. The number of anilines is 1. The Morgan fingerprint density at radius 2 is 1.89 bits per heavy atom. The van der Waals surface area contributed by atoms with Gasteiger partial charge in [0.25, 0.3) is 0 Å². The predicted molar refractivity (Wildman–Crippen MR) is 75.6 cm³/mol. The van der Waals surface area contributed by atoms with Crippen LogP contribution in [0.25, 0.3) is 0 Å². The van der Waals surface area contributed by atoms with Crippen LogP contribution in [0.1, 0.15) is 6.92 Å². The van der Waals surface area contributed by atoms with Crippen LogP contribution < -0.4 is 4.90 Å². The van der Waals surface area contributed by atoms with Gasteiger partial charge in [0.1, 0.15) is 0 Å². The number of allylic oxidation sites excluding steroid dienone is 2. The summed E-state index contributed by atoms with van der Waals surface area (Å²) in [5.74, 6) is 0. The van der Waals surface area contributed by atoms with Crippen molar-refractivity contribution in [2.75, 3.05) is 19.0 Å². The Balaban J connectivity index is 2.05. The Morgan fingerprint density at radius 3 is 2.47 bits per heavy atom. The number of benzene rings is 1. The van der Waals surface area contributed by atoms with Crippen molar-refractivity contribution < 1.29 is 5.21 Å². The topological polar surface area (TPSA) is 51.4 Å². The molecule has 0 saturated carbocycles. The summed E-state index contributed by atoms with van der Waals surface area (Å²) in [6, 6.07) is 7.75. The summed E-state index contributed by atoms with van der Waals surface area (Å²) in [5.41, 5.74) is 2.85. The Kier molecular flexibility index (Phi) is 3.97. The van der Waals surface area contributed by atoms with Crippen molar-refractivity contribution in [2.24, 2.45) is 10.2 Å². The molecule has 0 bridgehead atoms. The zero-order valence-electron chi connectivity index (χ0n) is 11.4. The Labute approximate surface area is 113 Å². The van der Waals surface area contributed by atoms with Gasteiger partial charge in [0.2, 0.25) is 0 Å². The predicted octanol–water partition coefficient (Wildman–Crippen LogP) is 3.33. The van der Waals surface area contributed by atoms with Gasteiger partial charge in [0, 0.05) is 26.0 Å². The molecule has 0 spiro atoms. The monoisotopic (exact) mass is 258 g/mol. The van der Waals surface area contributed by atoms with Crippen LogP contribution in [0, 0.1) is 0 Å². The van der Waals surface area contributed by atoms with E-state index in [4.69, 9.17) is 0 Å². The number of nitrogens with zero attached hydrogens (tertiary/aromatic N) is 4. The number of rotatable bonds is 3. The van der Waals surface area contributed by atoms with Gasteiger partial charge in [-0.3, -0.25) is 5.21 Å². The number of hydrogen-bond donors (Lipinski definition) is 1. The minimum absolute atomic E-state index is 0.461. The molecule has 1 atom stereocenters. The first-order valence-corrected chi connectivity index (χ1v) is 6.08. The summed E-state index contributed by atoms with van der Waals surface area (Å²) in [6.07, 6.45) is 4.87. The minimum Gasteiger partial charge on any atom is -0.378 e. The van der Waals surface area contributed by atoms with E-state index in [9.17, 15) is 5.21 Å². The molecule has 1 N–H and O–H groups in total. The van der Waals surface area contributed by atoms with E-state index >= 15 is 0 Å². The largest absolute Gasteiger partial charge is 0.378 e. The summed E-state index contributed by atoms with van der Waals surface area (Å²) in [7, 11) is 3.98. The van der Waals surface area contributed by atoms with Crippen LogP contribution in [0.15, 0.2) is 58.4 Å². The maximum Gasteiger partial charge on any atom is 0.184 e. The van der Waals surface area contributed by atoms with E-state index in [2.05, 4.69) is 10.2 Å². The highest BCUT2D eigenvalue weighted by Crippen LogP contribution is 2.20. The molecule has 1 unspecified atom stereocenters. The lowest BCUT2D eigenvalue weighted by Crippen LogP contribution is -2.25. The molecule has 19 heavy (non-hydrogen) atoms. The molecular formula is C14H18N4O. The summed E-state index contributed by atoms with van der Waals surface area (Å²) < 4.78 is 0. The fourth-order valence-electron chi connectivity index (χ4n) is 1.69. The maximum atomic E-state index is 9.68. The SMILES string of the molecule is CC1=CN(O)C(N=Nc2ccc(N(C)C)cc2)C=C1. The lowest BCUT2D eigenvalue weighted by Gasteiger charge is -2.20. The van der Waals surface area contributed by atoms with Gasteiger partial charge in [-0.25, -0.2) is 5.06 Å². The van der Waals surface area contributed by atoms with Crippen LogP contribution in [0.5, 0.6) is 0 Å². The van der Waals surface area contributed by atoms with E-state index in [0.717, 1.165) is 22.0 Å². The molecule has 100 valence electrons. The second-order valence-electron chi connectivity index (χ2n) is 4.65. The first-order valence-electron chi connectivity index (χ1n) is 6.08. The smallest absolute Gasteiger partial charge is 0.184 e. The van der Waals surface area contributed by atoms with Crippen LogP contribution in [0.2, 0.25) is 0 Å². The molecular weight excluding hydrogens is 240 g/mol. The number of hydrogen-bond acceptors (Lipinski definition) is 5. The molecule has 0 saturated heterocycles. The second-order valence-corrected chi connectivity index (χ2v) is 4.65. The van der Waals surface area contributed by atoms with Crippen molar-refractivity contribution in [3.63, 3.8) is 0 Å². The molecule has 1 aliphatic heterocycles. The van der Waals surface area contributed by atoms with E-state index in [-0.39, 0.29) is 0 Å². The van der Waals surface area contributed by atoms with Crippen LogP contribution in [0.3, 0.4) is 0 Å². The van der Waals surface area contributed by atoms with Gasteiger partial charge in [-0.1, -0.05) is 6.08 Å². The van der Waals surface area contributed by atoms with E-state index in [1.165, 1.54) is 0 Å². The van der Waals surface area contributed by atoms with Crippen molar-refractivity contribution in [3.05, 3.63) is 48.2 Å². The van der Waals surface area contributed by atoms with E-state index in [0.29, 0.717) is 0 Å². The van der Waals surface area contributed by atoms with Gasteiger partial charge in [0.05, 0.1) is 5.69 Å². The van der Waals surface area contributed by atoms with Crippen LogP contribution in [-0.4, -0.2) is 30.5 Å². The average Bonchev–Trinajstić information content (AvgIpc) is 2.38. The van der Waals surface area contributed by atoms with Crippen molar-refractivity contribution in [1.29, 1.82) is 0 Å². The van der Waals surface area contributed by atoms with Crippen LogP contribution in [-0.2, 0) is 0 Å². The molecule has 0 amide bonds. The Hall–Kier alpha value is -2.14. The highest BCUT2D eigenvalue weighted by Gasteiger charge is 2.12. The van der Waals surface area contributed by atoms with E-state index < -0.39 is 6.17 Å². The van der Waals surface area contributed by atoms with Crippen LogP contribution >= 0.6 is 0 Å². The molecule has 1 aromatic rings. The molecule has 0 radical (unpaired) electrons. The van der Waals surface area contributed by atoms with Crippen LogP contribution in [0.4, 0.5) is 11.4 Å². The number of hydroxylamine groups is 2. The molecule has 5 heteroatoms. The molecule has 1 heterocycles. The van der Waals surface area contributed by atoms with Crippen molar-refractivity contribution in [1.82, 2.24) is 5.06 Å². The fraction of sp³-hybridized carbons (Fsp3) is 0.286. The maximum absolute atomic E-state index is 9.68. The van der Waals surface area contributed by atoms with Crippen molar-refractivity contribution >= 4 is 11.4 Å². The Bertz CT molecular complexity index is 517. The van der Waals surface area contributed by atoms with Gasteiger partial charge in [-0.15, -0.1) is 0 Å². The van der Waals surface area contributed by atoms with Gasteiger partial charge < -0.3 is 4.90 Å². The molecule has 5 nitrogen and oxygen atoms in total. The molecule has 1 aliphatic rings. The van der Waals surface area contributed by atoms with Gasteiger partial charge >= 0.3 is 0 Å². The minimum atomic E-state index is -0.461. The Morgan fingerprint density at radius 1 is 1.21 bits per heavy atom. The summed E-state index contributed by atoms with van der Waals surface area (Å²) in [6.45, 7) is 1.91. The normalized spacial score (nSPS) is 18.8. The number of azo groups is 1. The third-order valence-corrected chi connectivity index (χ3v) is 2.80. The third kappa shape index (κ3) is 3.42. The summed E-state index contributed by atoms with van der Waals surface area (Å²) in [4.78, 5) is 2.02. The van der Waals surface area contributed by atoms with Gasteiger partial charge in [0.15, 0.2) is 6.17 Å². The quantitative estimate of drug-likeness (QED) is 0.846. The van der Waals surface area contributed by atoms with E-state index in [1.54, 1.807) is 12.3 Å². The zero-order chi connectivity index (χ0) is 13.8. The first kappa shape index (κ1) is 13.3. The molecule has 0 aromatic heterocycles. The van der Waals surface area contributed by atoms with Gasteiger partial charge in [-0.05, 0) is 42.8 Å². The highest BCUT2D eigenvalue weighted by molar-refractivity contribution is 5.51. The standard InChI is InChI=1S/C14H18N4O/c1-11-4-9-14(18(19)10-11)16-15-12-5-7-13(8-6-12)17(2)3/h4-10,14,19H,1-3H3. The summed E-state index contributed by atoms with van der Waals surface area (Å²) in [5, 5.41) is 19.0. The zero-order valence-corrected chi connectivity index (χ0v) is 11.4. The second kappa shape index (κ2) is 5.67. The average molecular weight is 258 g/mol. The van der Waals surface area contributed by atoms with E-state index in [1.807, 2.05) is 56.3 Å². The lowest BCUT2D eigenvalue weighted by molar-refractivity contribution is -0.0656. The van der Waals surface area contributed by atoms with Gasteiger partial charge in [-0.2, -0.15) is 10.2 Å². The molecule has 0 fully saturated rings. The molecule has 2 rings (SSSR count). The first-order chi connectivity index (χ1) is 9.06.